The van der Waals surface area contributed by atoms with Crippen LogP contribution >= 0.6 is 0 Å². The van der Waals surface area contributed by atoms with E-state index in [1.54, 1.807) is 12.1 Å². The summed E-state index contributed by atoms with van der Waals surface area (Å²) in [6.07, 6.45) is 0.879. The summed E-state index contributed by atoms with van der Waals surface area (Å²) < 4.78 is 19.0. The van der Waals surface area contributed by atoms with Crippen molar-refractivity contribution in [2.75, 3.05) is 33.3 Å². The van der Waals surface area contributed by atoms with Crippen molar-refractivity contribution in [3.05, 3.63) is 35.6 Å². The van der Waals surface area contributed by atoms with Crippen molar-refractivity contribution in [2.45, 2.75) is 12.5 Å². The second-order valence-electron chi connectivity index (χ2n) is 4.78. The van der Waals surface area contributed by atoms with E-state index in [0.29, 0.717) is 6.54 Å². The Labute approximate surface area is 112 Å². The number of nitrogens with one attached hydrogen (secondary N) is 1. The van der Waals surface area contributed by atoms with Crippen LogP contribution in [0.2, 0.25) is 0 Å². The third-order valence-electron chi connectivity index (χ3n) is 3.21. The van der Waals surface area contributed by atoms with Crippen LogP contribution in [0, 0.1) is 5.82 Å². The predicted octanol–water partition coefficient (Wildman–Crippen LogP) is 1.28. The third kappa shape index (κ3) is 4.01. The first-order valence-corrected chi connectivity index (χ1v) is 6.49. The van der Waals surface area contributed by atoms with Gasteiger partial charge in [0.15, 0.2) is 0 Å². The normalized spacial score (nSPS) is 20.2. The lowest BCUT2D eigenvalue weighted by Crippen LogP contribution is -2.41. The van der Waals surface area contributed by atoms with Gasteiger partial charge in [0.25, 0.3) is 5.91 Å². The van der Waals surface area contributed by atoms with Crippen molar-refractivity contribution in [2.24, 2.45) is 0 Å². The van der Waals surface area contributed by atoms with Gasteiger partial charge in [0.05, 0.1) is 18.3 Å². The smallest absolute Gasteiger partial charge is 0.254 e. The maximum absolute atomic E-state index is 13.4. The molecule has 0 saturated carbocycles. The monoisotopic (exact) mass is 266 g/mol. The van der Waals surface area contributed by atoms with Crippen LogP contribution in [0.1, 0.15) is 16.8 Å². The van der Waals surface area contributed by atoms with Crippen LogP contribution in [-0.2, 0) is 4.74 Å². The maximum Gasteiger partial charge on any atom is 0.254 e. The molecule has 1 aromatic rings. The first-order valence-electron chi connectivity index (χ1n) is 6.49. The van der Waals surface area contributed by atoms with Gasteiger partial charge in [-0.3, -0.25) is 4.79 Å². The number of likely N-dealkylation sites (N-methyl/N-ethyl adjacent to an activating group) is 1. The van der Waals surface area contributed by atoms with Crippen molar-refractivity contribution >= 4 is 5.91 Å². The molecule has 1 N–H and O–H groups in total. The molecule has 4 nitrogen and oxygen atoms in total. The number of benzene rings is 1. The molecule has 19 heavy (non-hydrogen) atoms. The van der Waals surface area contributed by atoms with Gasteiger partial charge in [-0.2, -0.15) is 0 Å². The average molecular weight is 266 g/mol. The van der Waals surface area contributed by atoms with E-state index in [1.165, 1.54) is 12.1 Å². The lowest BCUT2D eigenvalue weighted by Gasteiger charge is -2.30. The van der Waals surface area contributed by atoms with Crippen molar-refractivity contribution in [3.63, 3.8) is 0 Å². The van der Waals surface area contributed by atoms with Gasteiger partial charge in [-0.25, -0.2) is 4.39 Å². The van der Waals surface area contributed by atoms with E-state index >= 15 is 0 Å². The van der Waals surface area contributed by atoms with Gasteiger partial charge in [-0.1, -0.05) is 12.1 Å². The van der Waals surface area contributed by atoms with Gasteiger partial charge in [0, 0.05) is 19.6 Å². The summed E-state index contributed by atoms with van der Waals surface area (Å²) in [5, 5.41) is 2.72. The highest BCUT2D eigenvalue weighted by molar-refractivity contribution is 5.94. The first kappa shape index (κ1) is 14.0. The number of halogens is 1. The molecule has 1 aromatic carbocycles. The fraction of sp³-hybridized carbons (Fsp3) is 0.500. The standard InChI is InChI=1S/C14H19FN2O2/c1-17-8-9-19-11(10-17)6-7-16-14(18)12-4-2-3-5-13(12)15/h2-5,11H,6-10H2,1H3,(H,16,18). The summed E-state index contributed by atoms with van der Waals surface area (Å²) in [5.74, 6) is -0.865. The minimum Gasteiger partial charge on any atom is -0.375 e. The number of carbonyl (C=O) groups excluding carboxylic acids is 1. The number of morpholine rings is 1. The minimum atomic E-state index is -0.492. The summed E-state index contributed by atoms with van der Waals surface area (Å²) in [5.41, 5.74) is 0.0872. The lowest BCUT2D eigenvalue weighted by atomic mass is 10.2. The van der Waals surface area contributed by atoms with Crippen LogP contribution in [-0.4, -0.2) is 50.2 Å². The molecule has 5 heteroatoms. The number of hydrogen-bond donors (Lipinski definition) is 1. The Bertz CT molecular complexity index is 439. The second kappa shape index (κ2) is 6.63. The highest BCUT2D eigenvalue weighted by Crippen LogP contribution is 2.08. The van der Waals surface area contributed by atoms with Crippen LogP contribution < -0.4 is 5.32 Å². The topological polar surface area (TPSA) is 41.6 Å². The molecule has 1 heterocycles. The Balaban J connectivity index is 1.76. The zero-order chi connectivity index (χ0) is 13.7. The highest BCUT2D eigenvalue weighted by atomic mass is 19.1. The molecule has 0 spiro atoms. The molecule has 0 radical (unpaired) electrons. The average Bonchev–Trinajstić information content (AvgIpc) is 2.39. The van der Waals surface area contributed by atoms with E-state index in [9.17, 15) is 9.18 Å². The molecule has 0 bridgehead atoms. The molecule has 104 valence electrons. The fourth-order valence-electron chi connectivity index (χ4n) is 2.13. The summed E-state index contributed by atoms with van der Waals surface area (Å²) in [6, 6.07) is 5.98. The van der Waals surface area contributed by atoms with Gasteiger partial charge in [-0.05, 0) is 25.6 Å². The van der Waals surface area contributed by atoms with E-state index in [4.69, 9.17) is 4.74 Å². The summed E-state index contributed by atoms with van der Waals surface area (Å²) in [7, 11) is 2.05. The van der Waals surface area contributed by atoms with Crippen LogP contribution in [0.15, 0.2) is 24.3 Å². The first-order chi connectivity index (χ1) is 9.16. The van der Waals surface area contributed by atoms with Crippen molar-refractivity contribution < 1.29 is 13.9 Å². The molecule has 1 amide bonds. The molecule has 0 aromatic heterocycles. The molecule has 1 aliphatic rings. The molecule has 1 unspecified atom stereocenters. The Morgan fingerprint density at radius 2 is 2.32 bits per heavy atom. The summed E-state index contributed by atoms with van der Waals surface area (Å²) in [4.78, 5) is 14.0. The Kier molecular flexibility index (Phi) is 4.87. The van der Waals surface area contributed by atoms with Crippen LogP contribution in [0.25, 0.3) is 0 Å². The van der Waals surface area contributed by atoms with Crippen molar-refractivity contribution in [1.29, 1.82) is 0 Å². The molecular weight excluding hydrogens is 247 g/mol. The summed E-state index contributed by atoms with van der Waals surface area (Å²) in [6.45, 7) is 3.03. The molecule has 2 rings (SSSR count). The quantitative estimate of drug-likeness (QED) is 0.892. The van der Waals surface area contributed by atoms with E-state index in [1.807, 2.05) is 7.05 Å². The van der Waals surface area contributed by atoms with E-state index in [-0.39, 0.29) is 17.6 Å². The van der Waals surface area contributed by atoms with Crippen molar-refractivity contribution in [1.82, 2.24) is 10.2 Å². The zero-order valence-corrected chi connectivity index (χ0v) is 11.1. The van der Waals surface area contributed by atoms with Crippen LogP contribution in [0.4, 0.5) is 4.39 Å². The molecule has 0 aliphatic carbocycles. The van der Waals surface area contributed by atoms with Gasteiger partial charge >= 0.3 is 0 Å². The van der Waals surface area contributed by atoms with Gasteiger partial charge in [0.2, 0.25) is 0 Å². The largest absolute Gasteiger partial charge is 0.375 e. The second-order valence-corrected chi connectivity index (χ2v) is 4.78. The number of nitrogens with zero attached hydrogens (tertiary/aromatic N) is 1. The van der Waals surface area contributed by atoms with Crippen LogP contribution in [0.5, 0.6) is 0 Å². The fourth-order valence-corrected chi connectivity index (χ4v) is 2.13. The van der Waals surface area contributed by atoms with E-state index in [2.05, 4.69) is 10.2 Å². The van der Waals surface area contributed by atoms with E-state index < -0.39 is 5.82 Å². The predicted molar refractivity (Wildman–Crippen MR) is 70.6 cm³/mol. The van der Waals surface area contributed by atoms with E-state index in [0.717, 1.165) is 26.1 Å². The van der Waals surface area contributed by atoms with Gasteiger partial charge in [0.1, 0.15) is 5.82 Å². The Morgan fingerprint density at radius 3 is 3.05 bits per heavy atom. The molecule has 1 aliphatic heterocycles. The van der Waals surface area contributed by atoms with Gasteiger partial charge < -0.3 is 15.0 Å². The third-order valence-corrected chi connectivity index (χ3v) is 3.21. The Hall–Kier alpha value is -1.46. The van der Waals surface area contributed by atoms with Gasteiger partial charge in [-0.15, -0.1) is 0 Å². The van der Waals surface area contributed by atoms with Crippen molar-refractivity contribution in [3.8, 4) is 0 Å². The molecular formula is C14H19FN2O2. The molecule has 1 saturated heterocycles. The number of hydrogen-bond acceptors (Lipinski definition) is 3. The maximum atomic E-state index is 13.4. The van der Waals surface area contributed by atoms with Crippen LogP contribution in [0.3, 0.4) is 0 Å². The zero-order valence-electron chi connectivity index (χ0n) is 11.1. The summed E-state index contributed by atoms with van der Waals surface area (Å²) >= 11 is 0. The lowest BCUT2D eigenvalue weighted by molar-refractivity contribution is -0.0226. The minimum absolute atomic E-state index is 0.0872. The highest BCUT2D eigenvalue weighted by Gasteiger charge is 2.18. The number of amides is 1. The molecule has 1 fully saturated rings. The molecule has 1 atom stereocenters. The number of ether oxygens (including phenoxy) is 1. The Morgan fingerprint density at radius 1 is 1.53 bits per heavy atom. The number of rotatable bonds is 4. The SMILES string of the molecule is CN1CCOC(CCNC(=O)c2ccccc2F)C1. The number of carbonyl (C=O) groups is 1.